The second-order valence-corrected chi connectivity index (χ2v) is 6.19. The number of halogens is 1. The van der Waals surface area contributed by atoms with Gasteiger partial charge in [0.05, 0.1) is 17.4 Å². The number of carbonyl (C=O) groups excluding carboxylic acids is 2. The monoisotopic (exact) mass is 409 g/mol. The number of benzene rings is 2. The Morgan fingerprint density at radius 1 is 1.18 bits per heavy atom. The first-order valence-electron chi connectivity index (χ1n) is 6.83. The van der Waals surface area contributed by atoms with Crippen molar-refractivity contribution in [2.75, 3.05) is 5.32 Å². The van der Waals surface area contributed by atoms with Crippen molar-refractivity contribution in [3.05, 3.63) is 57.2 Å². The number of hydrogen-bond donors (Lipinski definition) is 1. The van der Waals surface area contributed by atoms with Crippen LogP contribution in [0.1, 0.15) is 29.8 Å². The summed E-state index contributed by atoms with van der Waals surface area (Å²) in [4.78, 5) is 23.6. The number of ketones is 1. The van der Waals surface area contributed by atoms with Crippen LogP contribution in [0.15, 0.2) is 42.5 Å². The average molecular weight is 409 g/mol. The molecular formula is C17H16INO3. The molecule has 0 spiro atoms. The highest BCUT2D eigenvalue weighted by molar-refractivity contribution is 14.1. The Kier molecular flexibility index (Phi) is 5.54. The van der Waals surface area contributed by atoms with Crippen LogP contribution in [0, 0.1) is 3.57 Å². The Labute approximate surface area is 143 Å². The molecule has 0 aliphatic heterocycles. The molecule has 2 aromatic carbocycles. The fraction of sp³-hybridized carbons (Fsp3) is 0.176. The highest BCUT2D eigenvalue weighted by Gasteiger charge is 2.18. The van der Waals surface area contributed by atoms with Gasteiger partial charge in [-0.05, 0) is 66.8 Å². The van der Waals surface area contributed by atoms with E-state index in [1.54, 1.807) is 30.3 Å². The van der Waals surface area contributed by atoms with Gasteiger partial charge in [0, 0.05) is 9.13 Å². The highest BCUT2D eigenvalue weighted by Crippen LogP contribution is 2.27. The van der Waals surface area contributed by atoms with Gasteiger partial charge in [0.25, 0.3) is 0 Å². The molecule has 0 saturated carbocycles. The van der Waals surface area contributed by atoms with Gasteiger partial charge in [-0.2, -0.15) is 0 Å². The molecule has 22 heavy (non-hydrogen) atoms. The number of ether oxygens (including phenoxy) is 1. The maximum atomic E-state index is 12.9. The number of nitrogens with one attached hydrogen (secondary N) is 1. The molecule has 0 aliphatic rings. The van der Waals surface area contributed by atoms with Gasteiger partial charge in [-0.15, -0.1) is 0 Å². The van der Waals surface area contributed by atoms with E-state index in [1.165, 1.54) is 0 Å². The number of rotatable bonds is 6. The summed E-state index contributed by atoms with van der Waals surface area (Å²) in [5, 5.41) is 2.57. The second-order valence-electron chi connectivity index (χ2n) is 4.94. The summed E-state index contributed by atoms with van der Waals surface area (Å²) in [5.41, 5.74) is 1.41. The van der Waals surface area contributed by atoms with E-state index < -0.39 is 0 Å². The van der Waals surface area contributed by atoms with E-state index in [1.807, 2.05) is 26.0 Å². The van der Waals surface area contributed by atoms with Gasteiger partial charge in [0.2, 0.25) is 6.41 Å². The van der Waals surface area contributed by atoms with Crippen LogP contribution in [0.25, 0.3) is 0 Å². The van der Waals surface area contributed by atoms with E-state index in [4.69, 9.17) is 4.74 Å². The molecule has 1 amide bonds. The summed E-state index contributed by atoms with van der Waals surface area (Å²) in [6, 6.07) is 12.4. The number of para-hydroxylation sites is 1. The Morgan fingerprint density at radius 2 is 1.91 bits per heavy atom. The van der Waals surface area contributed by atoms with E-state index in [0.29, 0.717) is 29.0 Å². The Morgan fingerprint density at radius 3 is 2.59 bits per heavy atom. The number of hydrogen-bond acceptors (Lipinski definition) is 3. The van der Waals surface area contributed by atoms with Crippen LogP contribution in [0.2, 0.25) is 0 Å². The summed E-state index contributed by atoms with van der Waals surface area (Å²) in [5.74, 6) is 0.359. The Balaban J connectivity index is 2.48. The van der Waals surface area contributed by atoms with Gasteiger partial charge < -0.3 is 10.1 Å². The fourth-order valence-electron chi connectivity index (χ4n) is 2.05. The van der Waals surface area contributed by atoms with Gasteiger partial charge in [0.1, 0.15) is 5.75 Å². The minimum atomic E-state index is -0.181. The largest absolute Gasteiger partial charge is 0.490 e. The topological polar surface area (TPSA) is 55.4 Å². The fourth-order valence-corrected chi connectivity index (χ4v) is 2.54. The Bertz CT molecular complexity index is 698. The molecule has 4 nitrogen and oxygen atoms in total. The Hall–Kier alpha value is -1.89. The zero-order chi connectivity index (χ0) is 16.1. The molecule has 1 N–H and O–H groups in total. The summed E-state index contributed by atoms with van der Waals surface area (Å²) < 4.78 is 6.62. The van der Waals surface area contributed by atoms with E-state index in [9.17, 15) is 9.59 Å². The molecule has 2 aromatic rings. The molecule has 0 aromatic heterocycles. The minimum Gasteiger partial charge on any atom is -0.490 e. The van der Waals surface area contributed by atoms with Crippen molar-refractivity contribution >= 4 is 40.5 Å². The number of amides is 1. The molecule has 0 fully saturated rings. The second kappa shape index (κ2) is 7.40. The normalized spacial score (nSPS) is 10.4. The molecule has 0 unspecified atom stereocenters. The summed E-state index contributed by atoms with van der Waals surface area (Å²) >= 11 is 2.13. The lowest BCUT2D eigenvalue weighted by atomic mass is 10.0. The van der Waals surface area contributed by atoms with Crippen LogP contribution >= 0.6 is 22.6 Å². The third-order valence-corrected chi connectivity index (χ3v) is 3.61. The highest BCUT2D eigenvalue weighted by atomic mass is 127. The summed E-state index contributed by atoms with van der Waals surface area (Å²) in [6.07, 6.45) is 0.535. The van der Waals surface area contributed by atoms with Crippen LogP contribution < -0.4 is 10.1 Å². The molecule has 5 heteroatoms. The zero-order valence-electron chi connectivity index (χ0n) is 12.3. The van der Waals surface area contributed by atoms with E-state index in [0.717, 1.165) is 3.57 Å². The number of anilines is 1. The molecule has 0 saturated heterocycles. The molecular weight excluding hydrogens is 393 g/mol. The third kappa shape index (κ3) is 3.85. The van der Waals surface area contributed by atoms with Gasteiger partial charge in [-0.3, -0.25) is 9.59 Å². The molecule has 0 radical (unpaired) electrons. The summed E-state index contributed by atoms with van der Waals surface area (Å²) in [6.45, 7) is 3.82. The van der Waals surface area contributed by atoms with Gasteiger partial charge in [-0.1, -0.05) is 12.1 Å². The molecule has 0 atom stereocenters. The molecule has 0 bridgehead atoms. The summed E-state index contributed by atoms with van der Waals surface area (Å²) in [7, 11) is 0. The predicted molar refractivity (Wildman–Crippen MR) is 94.5 cm³/mol. The van der Waals surface area contributed by atoms with Crippen molar-refractivity contribution in [2.45, 2.75) is 20.0 Å². The van der Waals surface area contributed by atoms with Crippen LogP contribution in [0.3, 0.4) is 0 Å². The van der Waals surface area contributed by atoms with Crippen LogP contribution in [-0.2, 0) is 4.79 Å². The minimum absolute atomic E-state index is 0.0302. The molecule has 114 valence electrons. The number of carbonyl (C=O) groups is 2. The van der Waals surface area contributed by atoms with E-state index in [-0.39, 0.29) is 11.9 Å². The first-order valence-corrected chi connectivity index (χ1v) is 7.91. The third-order valence-electron chi connectivity index (χ3n) is 2.94. The zero-order valence-corrected chi connectivity index (χ0v) is 14.5. The van der Waals surface area contributed by atoms with Crippen LogP contribution in [0.5, 0.6) is 5.75 Å². The first-order chi connectivity index (χ1) is 10.5. The molecule has 0 aliphatic carbocycles. The van der Waals surface area contributed by atoms with Crippen LogP contribution in [-0.4, -0.2) is 18.3 Å². The standard InChI is InChI=1S/C17H16INO3/c1-11(2)22-16-6-4-3-5-13(16)17(21)14-9-12(18)7-8-15(14)19-10-20/h3-11H,1-2H3,(H,19,20). The predicted octanol–water partition coefficient (Wildman–Crippen LogP) is 3.88. The van der Waals surface area contributed by atoms with Crippen molar-refractivity contribution in [3.8, 4) is 5.75 Å². The SMILES string of the molecule is CC(C)Oc1ccccc1C(=O)c1cc(I)ccc1NC=O. The average Bonchev–Trinajstić information content (AvgIpc) is 2.48. The van der Waals surface area contributed by atoms with Crippen molar-refractivity contribution in [1.29, 1.82) is 0 Å². The van der Waals surface area contributed by atoms with Gasteiger partial charge >= 0.3 is 0 Å². The lowest BCUT2D eigenvalue weighted by Gasteiger charge is -2.14. The van der Waals surface area contributed by atoms with Crippen molar-refractivity contribution in [2.24, 2.45) is 0 Å². The maximum Gasteiger partial charge on any atom is 0.211 e. The van der Waals surface area contributed by atoms with Crippen molar-refractivity contribution in [3.63, 3.8) is 0 Å². The quantitative estimate of drug-likeness (QED) is 0.448. The maximum absolute atomic E-state index is 12.9. The van der Waals surface area contributed by atoms with Gasteiger partial charge in [-0.25, -0.2) is 0 Å². The lowest BCUT2D eigenvalue weighted by molar-refractivity contribution is -0.105. The van der Waals surface area contributed by atoms with Gasteiger partial charge in [0.15, 0.2) is 5.78 Å². The van der Waals surface area contributed by atoms with E-state index in [2.05, 4.69) is 27.9 Å². The smallest absolute Gasteiger partial charge is 0.211 e. The lowest BCUT2D eigenvalue weighted by Crippen LogP contribution is -2.12. The molecule has 0 heterocycles. The van der Waals surface area contributed by atoms with Crippen molar-refractivity contribution in [1.82, 2.24) is 0 Å². The van der Waals surface area contributed by atoms with Crippen LogP contribution in [0.4, 0.5) is 5.69 Å². The molecule has 2 rings (SSSR count). The van der Waals surface area contributed by atoms with E-state index >= 15 is 0 Å². The first kappa shape index (κ1) is 16.5. The van der Waals surface area contributed by atoms with Crippen molar-refractivity contribution < 1.29 is 14.3 Å².